The number of Topliss-reactive ketones (excluding diaryl/α,β-unsaturated/α-hetero) is 1. The molecule has 11 heavy (non-hydrogen) atoms. The van der Waals surface area contributed by atoms with E-state index in [0.29, 0.717) is 0 Å². The zero-order valence-electron chi connectivity index (χ0n) is 6.42. The smallest absolute Gasteiger partial charge is 0.376 e. The maximum atomic E-state index is 11.0. The molecule has 1 atom stereocenters. The third kappa shape index (κ3) is 1.77. The first-order chi connectivity index (χ1) is 5.25. The Hall–Kier alpha value is -0.900. The van der Waals surface area contributed by atoms with Crippen LogP contribution in [-0.4, -0.2) is 31.4 Å². The molecule has 62 valence electrons. The lowest BCUT2D eigenvalue weighted by molar-refractivity contribution is -0.152. The van der Waals surface area contributed by atoms with Crippen LogP contribution >= 0.6 is 0 Å². The molecule has 4 heteroatoms. The van der Waals surface area contributed by atoms with Gasteiger partial charge in [0.05, 0.1) is 13.2 Å². The molecule has 1 saturated heterocycles. The van der Waals surface area contributed by atoms with Crippen LogP contribution in [0.2, 0.25) is 0 Å². The van der Waals surface area contributed by atoms with Crippen molar-refractivity contribution in [3.8, 4) is 0 Å². The van der Waals surface area contributed by atoms with E-state index >= 15 is 0 Å². The summed E-state index contributed by atoms with van der Waals surface area (Å²) < 4.78 is 4.30. The van der Waals surface area contributed by atoms with Crippen molar-refractivity contribution < 1.29 is 14.3 Å². The Morgan fingerprint density at radius 2 is 2.27 bits per heavy atom. The molecule has 1 rings (SSSR count). The van der Waals surface area contributed by atoms with E-state index in [1.54, 1.807) is 0 Å². The predicted octanol–water partition coefficient (Wildman–Crippen LogP) is -0.520. The molecule has 0 saturated carbocycles. The summed E-state index contributed by atoms with van der Waals surface area (Å²) in [5.74, 6) is -1.20. The summed E-state index contributed by atoms with van der Waals surface area (Å²) in [6.07, 6.45) is 1.70. The number of hydrogen-bond donors (Lipinski definition) is 1. The second-order valence-corrected chi connectivity index (χ2v) is 2.50. The molecule has 1 fully saturated rings. The average molecular weight is 157 g/mol. The summed E-state index contributed by atoms with van der Waals surface area (Å²) in [6.45, 7) is 0.813. The van der Waals surface area contributed by atoms with Crippen molar-refractivity contribution in [2.75, 3.05) is 13.7 Å². The molecule has 0 aliphatic carbocycles. The minimum Gasteiger partial charge on any atom is -0.463 e. The van der Waals surface area contributed by atoms with Gasteiger partial charge in [0, 0.05) is 0 Å². The molecular weight excluding hydrogens is 146 g/mol. The monoisotopic (exact) mass is 157 g/mol. The number of esters is 1. The lowest BCUT2D eigenvalue weighted by Gasteiger charge is -2.05. The number of carbonyl (C=O) groups excluding carboxylic acids is 2. The summed E-state index contributed by atoms with van der Waals surface area (Å²) in [6, 6.07) is -0.303. The highest BCUT2D eigenvalue weighted by Crippen LogP contribution is 2.06. The number of methoxy groups -OCH3 is 1. The summed E-state index contributed by atoms with van der Waals surface area (Å²) in [4.78, 5) is 21.7. The fourth-order valence-electron chi connectivity index (χ4n) is 1.15. The second-order valence-electron chi connectivity index (χ2n) is 2.50. The van der Waals surface area contributed by atoms with E-state index in [-0.39, 0.29) is 6.04 Å². The van der Waals surface area contributed by atoms with Crippen LogP contribution in [-0.2, 0) is 14.3 Å². The van der Waals surface area contributed by atoms with Crippen molar-refractivity contribution in [2.24, 2.45) is 0 Å². The second kappa shape index (κ2) is 3.48. The van der Waals surface area contributed by atoms with Gasteiger partial charge in [0.1, 0.15) is 0 Å². The van der Waals surface area contributed by atoms with E-state index in [0.717, 1.165) is 19.4 Å². The summed E-state index contributed by atoms with van der Waals surface area (Å²) in [5, 5.41) is 2.92. The Kier molecular flexibility index (Phi) is 2.59. The summed E-state index contributed by atoms with van der Waals surface area (Å²) in [5.41, 5.74) is 0. The third-order valence-electron chi connectivity index (χ3n) is 1.76. The Labute approximate surface area is 64.9 Å². The molecule has 1 aliphatic rings. The SMILES string of the molecule is COC(=O)C(=O)C1CCCN1. The van der Waals surface area contributed by atoms with Gasteiger partial charge in [0.25, 0.3) is 5.78 Å². The minimum absolute atomic E-state index is 0.303. The highest BCUT2D eigenvalue weighted by Gasteiger charge is 2.27. The Balaban J connectivity index is 2.46. The van der Waals surface area contributed by atoms with Crippen LogP contribution in [0.5, 0.6) is 0 Å². The molecule has 1 N–H and O–H groups in total. The zero-order chi connectivity index (χ0) is 8.27. The number of rotatable bonds is 2. The molecule has 0 amide bonds. The zero-order valence-corrected chi connectivity index (χ0v) is 6.42. The minimum atomic E-state index is -0.746. The van der Waals surface area contributed by atoms with E-state index in [2.05, 4.69) is 10.1 Å². The Morgan fingerprint density at radius 3 is 2.73 bits per heavy atom. The largest absolute Gasteiger partial charge is 0.463 e. The molecular formula is C7H11NO3. The quantitative estimate of drug-likeness (QED) is 0.433. The van der Waals surface area contributed by atoms with E-state index < -0.39 is 11.8 Å². The maximum Gasteiger partial charge on any atom is 0.376 e. The molecule has 0 spiro atoms. The lowest BCUT2D eigenvalue weighted by Crippen LogP contribution is -2.36. The van der Waals surface area contributed by atoms with E-state index in [9.17, 15) is 9.59 Å². The average Bonchev–Trinajstić information content (AvgIpc) is 2.53. The Morgan fingerprint density at radius 1 is 1.55 bits per heavy atom. The van der Waals surface area contributed by atoms with Crippen LogP contribution < -0.4 is 5.32 Å². The fourth-order valence-corrected chi connectivity index (χ4v) is 1.15. The Bertz CT molecular complexity index is 173. The molecule has 0 radical (unpaired) electrons. The van der Waals surface area contributed by atoms with Gasteiger partial charge in [-0.3, -0.25) is 4.79 Å². The number of ether oxygens (including phenoxy) is 1. The van der Waals surface area contributed by atoms with Gasteiger partial charge in [-0.05, 0) is 19.4 Å². The van der Waals surface area contributed by atoms with Crippen molar-refractivity contribution in [2.45, 2.75) is 18.9 Å². The fraction of sp³-hybridized carbons (Fsp3) is 0.714. The van der Waals surface area contributed by atoms with Crippen LogP contribution in [0.3, 0.4) is 0 Å². The summed E-state index contributed by atoms with van der Waals surface area (Å²) >= 11 is 0. The molecule has 0 aromatic carbocycles. The normalized spacial score (nSPS) is 23.2. The van der Waals surface area contributed by atoms with Crippen LogP contribution in [0.25, 0.3) is 0 Å². The first-order valence-corrected chi connectivity index (χ1v) is 3.61. The van der Waals surface area contributed by atoms with Crippen molar-refractivity contribution in [1.29, 1.82) is 0 Å². The number of hydrogen-bond acceptors (Lipinski definition) is 4. The van der Waals surface area contributed by atoms with Gasteiger partial charge < -0.3 is 10.1 Å². The van der Waals surface area contributed by atoms with Crippen molar-refractivity contribution >= 4 is 11.8 Å². The van der Waals surface area contributed by atoms with Gasteiger partial charge in [-0.15, -0.1) is 0 Å². The van der Waals surface area contributed by atoms with E-state index in [1.165, 1.54) is 7.11 Å². The maximum absolute atomic E-state index is 11.0. The van der Waals surface area contributed by atoms with Crippen LogP contribution in [0.1, 0.15) is 12.8 Å². The molecule has 0 aromatic rings. The molecule has 4 nitrogen and oxygen atoms in total. The molecule has 1 aliphatic heterocycles. The van der Waals surface area contributed by atoms with Crippen LogP contribution in [0, 0.1) is 0 Å². The highest BCUT2D eigenvalue weighted by molar-refractivity contribution is 6.35. The van der Waals surface area contributed by atoms with Gasteiger partial charge >= 0.3 is 5.97 Å². The van der Waals surface area contributed by atoms with Gasteiger partial charge in [-0.2, -0.15) is 0 Å². The van der Waals surface area contributed by atoms with Crippen molar-refractivity contribution in [1.82, 2.24) is 5.32 Å². The van der Waals surface area contributed by atoms with Crippen molar-refractivity contribution in [3.63, 3.8) is 0 Å². The highest BCUT2D eigenvalue weighted by atomic mass is 16.5. The number of nitrogens with one attached hydrogen (secondary N) is 1. The first-order valence-electron chi connectivity index (χ1n) is 3.61. The van der Waals surface area contributed by atoms with Gasteiger partial charge in [0.15, 0.2) is 0 Å². The molecule has 1 unspecified atom stereocenters. The van der Waals surface area contributed by atoms with Gasteiger partial charge in [0.2, 0.25) is 0 Å². The van der Waals surface area contributed by atoms with Crippen molar-refractivity contribution in [3.05, 3.63) is 0 Å². The van der Waals surface area contributed by atoms with Crippen LogP contribution in [0.15, 0.2) is 0 Å². The molecule has 0 bridgehead atoms. The van der Waals surface area contributed by atoms with Crippen LogP contribution in [0.4, 0.5) is 0 Å². The standard InChI is InChI=1S/C7H11NO3/c1-11-7(10)6(9)5-3-2-4-8-5/h5,8H,2-4H2,1H3. The predicted molar refractivity (Wildman–Crippen MR) is 38.0 cm³/mol. The lowest BCUT2D eigenvalue weighted by atomic mass is 10.1. The van der Waals surface area contributed by atoms with Gasteiger partial charge in [-0.25, -0.2) is 4.79 Å². The number of carbonyl (C=O) groups is 2. The summed E-state index contributed by atoms with van der Waals surface area (Å²) in [7, 11) is 1.22. The molecule has 0 aromatic heterocycles. The van der Waals surface area contributed by atoms with E-state index in [1.807, 2.05) is 0 Å². The van der Waals surface area contributed by atoms with E-state index in [4.69, 9.17) is 0 Å². The first kappa shape index (κ1) is 8.20. The van der Waals surface area contributed by atoms with Gasteiger partial charge in [-0.1, -0.05) is 0 Å². The third-order valence-corrected chi connectivity index (χ3v) is 1.76. The number of ketones is 1. The topological polar surface area (TPSA) is 55.4 Å². The molecule has 1 heterocycles.